The zero-order chi connectivity index (χ0) is 22.9. The number of carbonyl (C=O) groups excluding carboxylic acids is 1. The molecule has 0 saturated heterocycles. The van der Waals surface area contributed by atoms with Gasteiger partial charge in [0.25, 0.3) is 5.56 Å². The van der Waals surface area contributed by atoms with Crippen LogP contribution in [0.1, 0.15) is 21.7 Å². The van der Waals surface area contributed by atoms with E-state index in [4.69, 9.17) is 9.47 Å². The van der Waals surface area contributed by atoms with Crippen LogP contribution in [0, 0.1) is 6.92 Å². The van der Waals surface area contributed by atoms with Crippen LogP contribution in [0.5, 0.6) is 11.6 Å². The van der Waals surface area contributed by atoms with Crippen LogP contribution in [0.4, 0.5) is 0 Å². The Labute approximate surface area is 187 Å². The second kappa shape index (κ2) is 8.15. The summed E-state index contributed by atoms with van der Waals surface area (Å²) in [6, 6.07) is 12.1. The Kier molecular flexibility index (Phi) is 5.02. The molecule has 4 aromatic heterocycles. The summed E-state index contributed by atoms with van der Waals surface area (Å²) in [7, 11) is 1.63. The average molecular weight is 442 g/mol. The number of carbonyl (C=O) groups is 1. The SMILES string of the molecule is Cc1ccc2c(c1)c(=O)n(C)c1nnc(COC(=O)c3cccnc3Oc3cccnc3)n21. The highest BCUT2D eigenvalue weighted by molar-refractivity contribution is 5.91. The van der Waals surface area contributed by atoms with E-state index in [1.54, 1.807) is 41.9 Å². The topological polar surface area (TPSA) is 114 Å². The van der Waals surface area contributed by atoms with Gasteiger partial charge in [-0.05, 0) is 43.3 Å². The largest absolute Gasteiger partial charge is 0.454 e. The molecule has 4 heterocycles. The summed E-state index contributed by atoms with van der Waals surface area (Å²) < 4.78 is 14.3. The van der Waals surface area contributed by atoms with E-state index in [0.717, 1.165) is 5.56 Å². The van der Waals surface area contributed by atoms with Crippen LogP contribution >= 0.6 is 0 Å². The maximum absolute atomic E-state index is 12.8. The van der Waals surface area contributed by atoms with E-state index in [2.05, 4.69) is 20.2 Å². The lowest BCUT2D eigenvalue weighted by Gasteiger charge is -2.10. The van der Waals surface area contributed by atoms with Gasteiger partial charge in [0.05, 0.1) is 17.1 Å². The Hall–Kier alpha value is -4.60. The van der Waals surface area contributed by atoms with Gasteiger partial charge in [-0.25, -0.2) is 9.78 Å². The summed E-state index contributed by atoms with van der Waals surface area (Å²) in [4.78, 5) is 33.7. The number of esters is 1. The number of fused-ring (bicyclic) bond motifs is 3. The van der Waals surface area contributed by atoms with Crippen molar-refractivity contribution < 1.29 is 14.3 Å². The van der Waals surface area contributed by atoms with Crippen molar-refractivity contribution in [3.8, 4) is 11.6 Å². The van der Waals surface area contributed by atoms with Crippen molar-refractivity contribution in [2.24, 2.45) is 7.05 Å². The van der Waals surface area contributed by atoms with Crippen molar-refractivity contribution in [1.82, 2.24) is 29.1 Å². The fourth-order valence-electron chi connectivity index (χ4n) is 3.51. The molecule has 0 aliphatic rings. The van der Waals surface area contributed by atoms with E-state index in [1.165, 1.54) is 17.0 Å². The molecule has 5 aromatic rings. The van der Waals surface area contributed by atoms with Crippen LogP contribution in [0.25, 0.3) is 16.7 Å². The van der Waals surface area contributed by atoms with Crippen LogP contribution in [0.15, 0.2) is 65.8 Å². The quantitative estimate of drug-likeness (QED) is 0.382. The van der Waals surface area contributed by atoms with Gasteiger partial charge in [-0.15, -0.1) is 10.2 Å². The normalized spacial score (nSPS) is 11.1. The maximum Gasteiger partial charge on any atom is 0.344 e. The van der Waals surface area contributed by atoms with Crippen molar-refractivity contribution in [2.75, 3.05) is 0 Å². The molecule has 0 saturated carbocycles. The average Bonchev–Trinajstić information content (AvgIpc) is 3.26. The van der Waals surface area contributed by atoms with E-state index in [-0.39, 0.29) is 23.6 Å². The number of rotatable bonds is 5. The van der Waals surface area contributed by atoms with E-state index < -0.39 is 5.97 Å². The van der Waals surface area contributed by atoms with Crippen LogP contribution < -0.4 is 10.3 Å². The predicted octanol–water partition coefficient (Wildman–Crippen LogP) is 2.83. The molecule has 0 radical (unpaired) electrons. The maximum atomic E-state index is 12.8. The van der Waals surface area contributed by atoms with Gasteiger partial charge in [0.15, 0.2) is 12.4 Å². The number of aromatic nitrogens is 6. The highest BCUT2D eigenvalue weighted by Crippen LogP contribution is 2.23. The summed E-state index contributed by atoms with van der Waals surface area (Å²) >= 11 is 0. The highest BCUT2D eigenvalue weighted by atomic mass is 16.5. The molecule has 0 aliphatic carbocycles. The molecule has 10 heteroatoms. The van der Waals surface area contributed by atoms with E-state index >= 15 is 0 Å². The number of benzene rings is 1. The molecule has 0 fully saturated rings. The molecule has 0 amide bonds. The Morgan fingerprint density at radius 2 is 1.94 bits per heavy atom. The van der Waals surface area contributed by atoms with Crippen LogP contribution in [-0.2, 0) is 18.4 Å². The lowest BCUT2D eigenvalue weighted by Crippen LogP contribution is -2.20. The van der Waals surface area contributed by atoms with Crippen molar-refractivity contribution >= 4 is 22.6 Å². The van der Waals surface area contributed by atoms with Crippen molar-refractivity contribution in [3.05, 3.63) is 88.4 Å². The van der Waals surface area contributed by atoms with E-state index in [9.17, 15) is 9.59 Å². The summed E-state index contributed by atoms with van der Waals surface area (Å²) in [5, 5.41) is 8.79. The molecule has 0 unspecified atom stereocenters. The van der Waals surface area contributed by atoms with Gasteiger partial charge < -0.3 is 9.47 Å². The molecule has 0 bridgehead atoms. The summed E-state index contributed by atoms with van der Waals surface area (Å²) in [5.74, 6) is 0.635. The van der Waals surface area contributed by atoms with Crippen LogP contribution in [0.3, 0.4) is 0 Å². The van der Waals surface area contributed by atoms with Gasteiger partial charge in [-0.3, -0.25) is 18.7 Å². The van der Waals surface area contributed by atoms with Gasteiger partial charge in [-0.1, -0.05) is 11.6 Å². The van der Waals surface area contributed by atoms with E-state index in [0.29, 0.717) is 28.3 Å². The second-order valence-corrected chi connectivity index (χ2v) is 7.36. The van der Waals surface area contributed by atoms with Crippen molar-refractivity contribution in [3.63, 3.8) is 0 Å². The number of nitrogens with zero attached hydrogens (tertiary/aromatic N) is 6. The molecule has 33 heavy (non-hydrogen) atoms. The number of pyridine rings is 2. The van der Waals surface area contributed by atoms with Gasteiger partial charge in [0.2, 0.25) is 11.7 Å². The first-order chi connectivity index (χ1) is 16.0. The van der Waals surface area contributed by atoms with E-state index in [1.807, 2.05) is 25.1 Å². The van der Waals surface area contributed by atoms with Gasteiger partial charge in [0.1, 0.15) is 11.3 Å². The third-order valence-corrected chi connectivity index (χ3v) is 5.11. The molecule has 5 rings (SSSR count). The predicted molar refractivity (Wildman–Crippen MR) is 118 cm³/mol. The number of hydrogen-bond acceptors (Lipinski definition) is 8. The molecule has 10 nitrogen and oxygen atoms in total. The number of hydrogen-bond donors (Lipinski definition) is 0. The second-order valence-electron chi connectivity index (χ2n) is 7.36. The molecule has 0 N–H and O–H groups in total. The Balaban J connectivity index is 1.46. The van der Waals surface area contributed by atoms with Gasteiger partial charge in [-0.2, -0.15) is 0 Å². The monoisotopic (exact) mass is 442 g/mol. The fourth-order valence-corrected chi connectivity index (χ4v) is 3.51. The molecule has 0 atom stereocenters. The molecular formula is C23H18N6O4. The van der Waals surface area contributed by atoms with Crippen molar-refractivity contribution in [1.29, 1.82) is 0 Å². The smallest absolute Gasteiger partial charge is 0.344 e. The minimum Gasteiger partial charge on any atom is -0.454 e. The van der Waals surface area contributed by atoms with Crippen LogP contribution in [0.2, 0.25) is 0 Å². The Bertz CT molecular complexity index is 1560. The fraction of sp³-hybridized carbons (Fsp3) is 0.130. The van der Waals surface area contributed by atoms with Gasteiger partial charge in [0, 0.05) is 19.4 Å². The molecular weight excluding hydrogens is 424 g/mol. The lowest BCUT2D eigenvalue weighted by molar-refractivity contribution is 0.0457. The first-order valence-electron chi connectivity index (χ1n) is 10.1. The lowest BCUT2D eigenvalue weighted by atomic mass is 10.1. The molecule has 0 aliphatic heterocycles. The third kappa shape index (κ3) is 3.67. The Morgan fingerprint density at radius 1 is 1.09 bits per heavy atom. The number of aryl methyl sites for hydroxylation is 2. The molecule has 1 aromatic carbocycles. The highest BCUT2D eigenvalue weighted by Gasteiger charge is 2.19. The number of ether oxygens (including phenoxy) is 2. The van der Waals surface area contributed by atoms with Gasteiger partial charge >= 0.3 is 5.97 Å². The first-order valence-corrected chi connectivity index (χ1v) is 10.1. The standard InChI is InChI=1S/C23H18N6O4/c1-14-7-8-18-17(11-14)21(30)28(2)23-27-26-19(29(18)23)13-32-22(31)16-6-4-10-25-20(16)33-15-5-3-9-24-12-15/h3-12H,13H2,1-2H3. The zero-order valence-corrected chi connectivity index (χ0v) is 17.8. The van der Waals surface area contributed by atoms with Crippen LogP contribution in [-0.4, -0.2) is 35.1 Å². The third-order valence-electron chi connectivity index (χ3n) is 5.11. The minimum absolute atomic E-state index is 0.102. The summed E-state index contributed by atoms with van der Waals surface area (Å²) in [5.41, 5.74) is 1.57. The molecule has 164 valence electrons. The first kappa shape index (κ1) is 20.3. The zero-order valence-electron chi connectivity index (χ0n) is 17.8. The molecule has 0 spiro atoms. The summed E-state index contributed by atoms with van der Waals surface area (Å²) in [6.07, 6.45) is 4.65. The Morgan fingerprint density at radius 3 is 2.76 bits per heavy atom. The van der Waals surface area contributed by atoms with Crippen molar-refractivity contribution in [2.45, 2.75) is 13.5 Å². The summed E-state index contributed by atoms with van der Waals surface area (Å²) in [6.45, 7) is 1.75. The minimum atomic E-state index is -0.635.